The summed E-state index contributed by atoms with van der Waals surface area (Å²) in [6.07, 6.45) is 2.62. The number of rotatable bonds is 2. The van der Waals surface area contributed by atoms with E-state index in [9.17, 15) is 4.79 Å². The summed E-state index contributed by atoms with van der Waals surface area (Å²) in [6, 6.07) is 8.22. The van der Waals surface area contributed by atoms with Crippen molar-refractivity contribution in [3.8, 4) is 0 Å². The summed E-state index contributed by atoms with van der Waals surface area (Å²) in [5.74, 6) is 0. The van der Waals surface area contributed by atoms with E-state index in [0.717, 1.165) is 22.1 Å². The summed E-state index contributed by atoms with van der Waals surface area (Å²) in [4.78, 5) is 20.1. The van der Waals surface area contributed by atoms with Gasteiger partial charge in [0.25, 0.3) is 5.56 Å². The molecule has 2 aromatic heterocycles. The minimum absolute atomic E-state index is 0.0239. The summed E-state index contributed by atoms with van der Waals surface area (Å²) >= 11 is 1.72. The summed E-state index contributed by atoms with van der Waals surface area (Å²) < 4.78 is 0. The van der Waals surface area contributed by atoms with Gasteiger partial charge in [-0.3, -0.25) is 9.69 Å². The molecule has 1 saturated heterocycles. The quantitative estimate of drug-likeness (QED) is 0.784. The molecule has 0 amide bonds. The Morgan fingerprint density at radius 1 is 1.24 bits per heavy atom. The van der Waals surface area contributed by atoms with Gasteiger partial charge in [0.15, 0.2) is 0 Å². The predicted molar refractivity (Wildman–Crippen MR) is 89.2 cm³/mol. The Morgan fingerprint density at radius 2 is 2.05 bits per heavy atom. The number of aromatic nitrogens is 1. The van der Waals surface area contributed by atoms with Gasteiger partial charge < -0.3 is 4.98 Å². The third kappa shape index (κ3) is 2.19. The molecule has 1 aromatic carbocycles. The maximum Gasteiger partial charge on any atom is 0.256 e. The first-order valence-electron chi connectivity index (χ1n) is 7.49. The van der Waals surface area contributed by atoms with Crippen LogP contribution in [0, 0.1) is 6.92 Å². The molecule has 3 heterocycles. The van der Waals surface area contributed by atoms with Gasteiger partial charge in [0.1, 0.15) is 4.83 Å². The van der Waals surface area contributed by atoms with E-state index in [-0.39, 0.29) is 5.56 Å². The van der Waals surface area contributed by atoms with Gasteiger partial charge in [-0.25, -0.2) is 0 Å². The maximum atomic E-state index is 12.2. The van der Waals surface area contributed by atoms with Crippen LogP contribution in [0.2, 0.25) is 0 Å². The monoisotopic (exact) mass is 298 g/mol. The number of nitrogens with zero attached hydrogens (tertiary/aromatic N) is 1. The molecule has 1 fully saturated rings. The molecule has 4 rings (SSSR count). The van der Waals surface area contributed by atoms with Crippen LogP contribution in [0.1, 0.15) is 23.3 Å². The van der Waals surface area contributed by atoms with E-state index in [0.29, 0.717) is 0 Å². The fraction of sp³-hybridized carbons (Fsp3) is 0.353. The number of H-pyrrole nitrogens is 1. The highest BCUT2D eigenvalue weighted by Gasteiger charge is 2.15. The molecule has 3 nitrogen and oxygen atoms in total. The van der Waals surface area contributed by atoms with Crippen molar-refractivity contribution in [3.63, 3.8) is 0 Å². The number of likely N-dealkylation sites (tertiary alicyclic amines) is 1. The van der Waals surface area contributed by atoms with Gasteiger partial charge in [0.2, 0.25) is 0 Å². The fourth-order valence-corrected chi connectivity index (χ4v) is 4.45. The standard InChI is InChI=1S/C17H18N2OS/c1-11-5-4-6-13-15(11)14-9-12(10-19-7-2-3-8-19)21-17(14)18-16(13)20/h4-6,9H,2-3,7-8,10H2,1H3,(H,18,20). The number of hydrogen-bond donors (Lipinski definition) is 1. The zero-order chi connectivity index (χ0) is 14.4. The average molecular weight is 298 g/mol. The first-order valence-corrected chi connectivity index (χ1v) is 8.30. The summed E-state index contributed by atoms with van der Waals surface area (Å²) in [7, 11) is 0. The highest BCUT2D eigenvalue weighted by molar-refractivity contribution is 7.18. The third-order valence-electron chi connectivity index (χ3n) is 4.38. The second-order valence-corrected chi connectivity index (χ2v) is 7.03. The number of aryl methyl sites for hydroxylation is 1. The van der Waals surface area contributed by atoms with Crippen LogP contribution in [0.4, 0.5) is 0 Å². The molecular formula is C17H18N2OS. The highest BCUT2D eigenvalue weighted by atomic mass is 32.1. The minimum atomic E-state index is 0.0239. The molecule has 1 aliphatic heterocycles. The van der Waals surface area contributed by atoms with E-state index in [2.05, 4.69) is 28.9 Å². The van der Waals surface area contributed by atoms with Gasteiger partial charge in [-0.05, 0) is 50.6 Å². The molecule has 21 heavy (non-hydrogen) atoms. The van der Waals surface area contributed by atoms with Crippen molar-refractivity contribution in [1.82, 2.24) is 9.88 Å². The Bertz CT molecular complexity index is 871. The fourth-order valence-electron chi connectivity index (χ4n) is 3.34. The van der Waals surface area contributed by atoms with Gasteiger partial charge in [-0.15, -0.1) is 11.3 Å². The van der Waals surface area contributed by atoms with Gasteiger partial charge >= 0.3 is 0 Å². The van der Waals surface area contributed by atoms with Crippen LogP contribution >= 0.6 is 11.3 Å². The first kappa shape index (κ1) is 13.0. The van der Waals surface area contributed by atoms with E-state index in [4.69, 9.17) is 0 Å². The van der Waals surface area contributed by atoms with Crippen LogP contribution < -0.4 is 5.56 Å². The molecular weight excluding hydrogens is 280 g/mol. The van der Waals surface area contributed by atoms with Crippen LogP contribution in [0.25, 0.3) is 21.0 Å². The lowest BCUT2D eigenvalue weighted by Crippen LogP contribution is -2.17. The number of aromatic amines is 1. The maximum absolute atomic E-state index is 12.2. The SMILES string of the molecule is Cc1cccc2c(=O)[nH]c3sc(CN4CCCC4)cc3c12. The molecule has 0 atom stereocenters. The number of thiophene rings is 1. The molecule has 0 spiro atoms. The smallest absolute Gasteiger partial charge is 0.256 e. The molecule has 0 bridgehead atoms. The lowest BCUT2D eigenvalue weighted by Gasteiger charge is -2.12. The summed E-state index contributed by atoms with van der Waals surface area (Å²) in [6.45, 7) is 5.49. The Kier molecular flexibility index (Phi) is 3.08. The number of fused-ring (bicyclic) bond motifs is 3. The molecule has 0 aliphatic carbocycles. The number of benzene rings is 1. The second kappa shape index (κ2) is 4.97. The van der Waals surface area contributed by atoms with Crippen molar-refractivity contribution >= 4 is 32.3 Å². The van der Waals surface area contributed by atoms with Crippen LogP contribution in [0.5, 0.6) is 0 Å². The zero-order valence-corrected chi connectivity index (χ0v) is 12.9. The van der Waals surface area contributed by atoms with E-state index in [1.165, 1.54) is 41.8 Å². The van der Waals surface area contributed by atoms with Gasteiger partial charge in [0.05, 0.1) is 0 Å². The van der Waals surface area contributed by atoms with Crippen LogP contribution in [0.3, 0.4) is 0 Å². The van der Waals surface area contributed by atoms with Gasteiger partial charge in [-0.1, -0.05) is 12.1 Å². The Hall–Kier alpha value is -1.65. The molecule has 108 valence electrons. The molecule has 1 N–H and O–H groups in total. The second-order valence-electron chi connectivity index (χ2n) is 5.89. The lowest BCUT2D eigenvalue weighted by molar-refractivity contribution is 0.334. The van der Waals surface area contributed by atoms with Crippen LogP contribution in [0.15, 0.2) is 29.1 Å². The van der Waals surface area contributed by atoms with E-state index in [1.807, 2.05) is 12.1 Å². The predicted octanol–water partition coefficient (Wildman–Crippen LogP) is 3.65. The topological polar surface area (TPSA) is 36.1 Å². The molecule has 3 aromatic rings. The summed E-state index contributed by atoms with van der Waals surface area (Å²) in [5, 5.41) is 3.11. The van der Waals surface area contributed by atoms with E-state index in [1.54, 1.807) is 11.3 Å². The van der Waals surface area contributed by atoms with E-state index < -0.39 is 0 Å². The number of hydrogen-bond acceptors (Lipinski definition) is 3. The van der Waals surface area contributed by atoms with Gasteiger partial charge in [0, 0.05) is 27.6 Å². The molecule has 1 aliphatic rings. The van der Waals surface area contributed by atoms with Crippen molar-refractivity contribution in [1.29, 1.82) is 0 Å². The first-order chi connectivity index (χ1) is 10.2. The normalized spacial score (nSPS) is 16.2. The van der Waals surface area contributed by atoms with Crippen molar-refractivity contribution in [2.24, 2.45) is 0 Å². The van der Waals surface area contributed by atoms with Crippen LogP contribution in [-0.4, -0.2) is 23.0 Å². The number of nitrogens with one attached hydrogen (secondary N) is 1. The zero-order valence-electron chi connectivity index (χ0n) is 12.1. The largest absolute Gasteiger partial charge is 0.313 e. The molecule has 0 radical (unpaired) electrons. The average Bonchev–Trinajstić information content (AvgIpc) is 3.09. The van der Waals surface area contributed by atoms with Gasteiger partial charge in [-0.2, -0.15) is 0 Å². The minimum Gasteiger partial charge on any atom is -0.313 e. The van der Waals surface area contributed by atoms with E-state index >= 15 is 0 Å². The Morgan fingerprint density at radius 3 is 2.86 bits per heavy atom. The lowest BCUT2D eigenvalue weighted by atomic mass is 10.0. The Labute approximate surface area is 127 Å². The third-order valence-corrected chi connectivity index (χ3v) is 5.41. The molecule has 0 saturated carbocycles. The van der Waals surface area contributed by atoms with Crippen molar-refractivity contribution in [3.05, 3.63) is 45.1 Å². The Balaban J connectivity index is 1.90. The van der Waals surface area contributed by atoms with Crippen LogP contribution in [-0.2, 0) is 6.54 Å². The van der Waals surface area contributed by atoms with Crippen molar-refractivity contribution in [2.45, 2.75) is 26.3 Å². The highest BCUT2D eigenvalue weighted by Crippen LogP contribution is 2.31. The number of pyridine rings is 1. The molecule has 0 unspecified atom stereocenters. The molecule has 4 heteroatoms. The van der Waals surface area contributed by atoms with Crippen molar-refractivity contribution < 1.29 is 0 Å². The van der Waals surface area contributed by atoms with Crippen molar-refractivity contribution in [2.75, 3.05) is 13.1 Å². The summed E-state index contributed by atoms with van der Waals surface area (Å²) in [5.41, 5.74) is 1.20.